The van der Waals surface area contributed by atoms with Gasteiger partial charge in [0.05, 0.1) is 0 Å². The third kappa shape index (κ3) is 4.79. The van der Waals surface area contributed by atoms with Crippen LogP contribution in [0.4, 0.5) is 5.82 Å². The first-order valence-corrected chi connectivity index (χ1v) is 13.3. The van der Waals surface area contributed by atoms with Crippen LogP contribution in [0.2, 0.25) is 5.02 Å². The van der Waals surface area contributed by atoms with E-state index in [1.54, 1.807) is 33.3 Å². The molecule has 3 aromatic rings. The molecular weight excluding hydrogens is 525 g/mol. The summed E-state index contributed by atoms with van der Waals surface area (Å²) >= 11 is 6.81. The molecule has 1 amide bonds. The van der Waals surface area contributed by atoms with Gasteiger partial charge in [-0.05, 0) is 6.07 Å². The minimum Gasteiger partial charge on any atom is -0.343 e. The summed E-state index contributed by atoms with van der Waals surface area (Å²) in [6.45, 7) is 8.12. The smallest absolute Gasteiger partial charge is 0.343 e. The third-order valence-electron chi connectivity index (χ3n) is 6.93. The van der Waals surface area contributed by atoms with E-state index >= 15 is 0 Å². The van der Waals surface area contributed by atoms with Crippen molar-refractivity contribution in [3.8, 4) is 16.9 Å². The molecule has 0 aliphatic carbocycles. The van der Waals surface area contributed by atoms with Crippen molar-refractivity contribution in [3.05, 3.63) is 75.3 Å². The van der Waals surface area contributed by atoms with Crippen LogP contribution in [0.5, 0.6) is 5.75 Å². The van der Waals surface area contributed by atoms with Crippen LogP contribution in [0.25, 0.3) is 22.9 Å². The molecule has 5 rings (SSSR count). The summed E-state index contributed by atoms with van der Waals surface area (Å²) in [5, 5.41) is 12.4. The molecule has 2 aliphatic rings. The van der Waals surface area contributed by atoms with Crippen LogP contribution in [0.15, 0.2) is 42.9 Å². The zero-order valence-electron chi connectivity index (χ0n) is 23.0. The first-order chi connectivity index (χ1) is 19.2. The van der Waals surface area contributed by atoms with E-state index in [-0.39, 0.29) is 11.9 Å². The summed E-state index contributed by atoms with van der Waals surface area (Å²) in [7, 11) is 3.39. The van der Waals surface area contributed by atoms with Gasteiger partial charge in [-0.2, -0.15) is 0 Å². The fraction of sp³-hybridized carbons (Fsp3) is 0.241. The molecule has 2 aromatic heterocycles. The Balaban J connectivity index is 1.61. The van der Waals surface area contributed by atoms with Gasteiger partial charge in [0, 0.05) is 14.1 Å². The van der Waals surface area contributed by atoms with Crippen molar-refractivity contribution in [2.75, 3.05) is 25.7 Å². The standard InChI is InChI=1S/C29H29BClN7O2/c1-6-40-26-20(12-22(31)16(2)24(26)18-9-10-23(33-13-18)29(39)37(4)5)17(3)38-28-21(14-36-38)25(34-15-35-28)19-8-7-11-30-27(19)32/h7-15,17,32,36H,6H2,1-5H3. The minimum atomic E-state index is -0.257. The number of hydrogen-bond acceptors (Lipinski definition) is 8. The van der Waals surface area contributed by atoms with Crippen molar-refractivity contribution < 1.29 is 9.53 Å². The molecule has 9 nitrogen and oxygen atoms in total. The van der Waals surface area contributed by atoms with Crippen LogP contribution in [-0.2, 0) is 0 Å². The van der Waals surface area contributed by atoms with Gasteiger partial charge in [0.25, 0.3) is 5.91 Å². The average molecular weight is 554 g/mol. The Labute approximate surface area is 238 Å². The van der Waals surface area contributed by atoms with Crippen LogP contribution < -0.4 is 25.7 Å². The van der Waals surface area contributed by atoms with Gasteiger partial charge in [0.2, 0.25) is 0 Å². The molecule has 0 fully saturated rings. The molecule has 1 unspecified atom stereocenters. The van der Waals surface area contributed by atoms with E-state index in [9.17, 15) is 4.79 Å². The zero-order valence-corrected chi connectivity index (χ0v) is 23.7. The Morgan fingerprint density at radius 3 is 2.75 bits per heavy atom. The molecule has 1 atom stereocenters. The van der Waals surface area contributed by atoms with Gasteiger partial charge in [-0.25, -0.2) is 0 Å². The SMILES string of the molecule is CCOc1c(C(C)N2NC=c3c2ncnc3=C2C=CC=BC2=N)cc(Cl)c(C)c1-c1ccc(C(=O)N(C)C)nc1. The molecule has 2 aliphatic heterocycles. The predicted octanol–water partition coefficient (Wildman–Crippen LogP) is 2.63. The Hall–Kier alpha value is -4.31. The van der Waals surface area contributed by atoms with E-state index in [1.807, 2.05) is 62.2 Å². The Morgan fingerprint density at radius 1 is 1.27 bits per heavy atom. The number of rotatable bonds is 6. The number of fused-ring (bicyclic) bond motifs is 1. The van der Waals surface area contributed by atoms with Crippen LogP contribution in [0, 0.1) is 12.3 Å². The van der Waals surface area contributed by atoms with Crippen LogP contribution in [0.1, 0.15) is 41.5 Å². The van der Waals surface area contributed by atoms with Gasteiger partial charge in [-0.1, -0.05) is 0 Å². The Kier molecular flexibility index (Phi) is 7.54. The van der Waals surface area contributed by atoms with Gasteiger partial charge in [0.1, 0.15) is 5.69 Å². The number of aromatic nitrogens is 3. The number of nitrogens with one attached hydrogen (secondary N) is 2. The molecule has 0 saturated heterocycles. The number of allylic oxidation sites excluding steroid dienone is 2. The fourth-order valence-electron chi connectivity index (χ4n) is 4.84. The second kappa shape index (κ2) is 11.1. The maximum absolute atomic E-state index is 12.4. The molecule has 1 aromatic carbocycles. The van der Waals surface area contributed by atoms with Crippen molar-refractivity contribution in [1.29, 1.82) is 5.41 Å². The summed E-state index contributed by atoms with van der Waals surface area (Å²) < 4.78 is 6.27. The molecular formula is C29H29BClN7O2. The van der Waals surface area contributed by atoms with E-state index in [2.05, 4.69) is 20.4 Å². The van der Waals surface area contributed by atoms with E-state index in [1.165, 1.54) is 11.2 Å². The van der Waals surface area contributed by atoms with Crippen molar-refractivity contribution in [2.24, 2.45) is 0 Å². The Bertz CT molecular complexity index is 1700. The monoisotopic (exact) mass is 553 g/mol. The second-order valence-electron chi connectivity index (χ2n) is 9.67. The second-order valence-corrected chi connectivity index (χ2v) is 10.1. The number of carbonyl (C=O) groups excluding carboxylic acids is 1. The number of anilines is 1. The Morgan fingerprint density at radius 2 is 2.08 bits per heavy atom. The van der Waals surface area contributed by atoms with Crippen LogP contribution >= 0.6 is 11.6 Å². The summed E-state index contributed by atoms with van der Waals surface area (Å²) in [4.78, 5) is 27.4. The van der Waals surface area contributed by atoms with Crippen molar-refractivity contribution >= 4 is 53.6 Å². The zero-order chi connectivity index (χ0) is 28.6. The van der Waals surface area contributed by atoms with Gasteiger partial charge < -0.3 is 4.90 Å². The molecule has 4 heterocycles. The van der Waals surface area contributed by atoms with Gasteiger partial charge in [-0.3, -0.25) is 9.78 Å². The van der Waals surface area contributed by atoms with Gasteiger partial charge >= 0.3 is 192 Å². The molecule has 0 spiro atoms. The molecule has 40 heavy (non-hydrogen) atoms. The predicted molar refractivity (Wildman–Crippen MR) is 160 cm³/mol. The number of pyridine rings is 1. The average Bonchev–Trinajstić information content (AvgIpc) is 3.39. The van der Waals surface area contributed by atoms with E-state index in [4.69, 9.17) is 21.7 Å². The van der Waals surface area contributed by atoms with Crippen molar-refractivity contribution in [3.63, 3.8) is 0 Å². The number of benzene rings is 1. The van der Waals surface area contributed by atoms with E-state index < -0.39 is 0 Å². The number of nitrogens with zero attached hydrogens (tertiary/aromatic N) is 5. The number of carbonyl (C=O) groups is 1. The molecule has 11 heteroatoms. The number of amides is 1. The third-order valence-corrected chi connectivity index (χ3v) is 7.32. The molecule has 202 valence electrons. The molecule has 0 bridgehead atoms. The molecule has 0 saturated carbocycles. The summed E-state index contributed by atoms with van der Waals surface area (Å²) in [6.07, 6.45) is 8.83. The maximum atomic E-state index is 12.4. The van der Waals surface area contributed by atoms with E-state index in [0.29, 0.717) is 39.9 Å². The summed E-state index contributed by atoms with van der Waals surface area (Å²) in [5.74, 6) is 3.04. The number of hydrogen-bond donors (Lipinski definition) is 2. The number of halogens is 1. The summed E-state index contributed by atoms with van der Waals surface area (Å²) in [5.41, 5.74) is 8.15. The van der Waals surface area contributed by atoms with Gasteiger partial charge in [-0.15, -0.1) is 0 Å². The summed E-state index contributed by atoms with van der Waals surface area (Å²) in [6, 6.07) is 5.25. The van der Waals surface area contributed by atoms with Crippen molar-refractivity contribution in [2.45, 2.75) is 26.8 Å². The van der Waals surface area contributed by atoms with Crippen LogP contribution in [0.3, 0.4) is 0 Å². The van der Waals surface area contributed by atoms with E-state index in [0.717, 1.165) is 33.0 Å². The van der Waals surface area contributed by atoms with Crippen LogP contribution in [-0.4, -0.2) is 65.0 Å². The van der Waals surface area contributed by atoms with Gasteiger partial charge in [0.15, 0.2) is 0 Å². The first-order valence-electron chi connectivity index (χ1n) is 12.9. The first kappa shape index (κ1) is 27.3. The fourth-order valence-corrected chi connectivity index (χ4v) is 5.06. The molecule has 2 N–H and O–H groups in total. The quantitative estimate of drug-likeness (QED) is 0.452. The normalized spacial score (nSPS) is 15.7. The van der Waals surface area contributed by atoms with Crippen molar-refractivity contribution in [1.82, 2.24) is 25.3 Å². The number of ether oxygens (including phenoxy) is 1. The minimum absolute atomic E-state index is 0.168. The topological polar surface area (TPSA) is 107 Å². The number of hydrazine groups is 1. The molecule has 0 radical (unpaired) electrons.